The molecule has 0 aromatic rings. The minimum absolute atomic E-state index is 0.294. The summed E-state index contributed by atoms with van der Waals surface area (Å²) in [6.45, 7) is 0.564. The Balaban J connectivity index is 2.47. The van der Waals surface area contributed by atoms with E-state index in [-0.39, 0.29) is 12.6 Å². The number of hydrogen-bond donors (Lipinski definition) is 2. The van der Waals surface area contributed by atoms with Crippen LogP contribution in [-0.4, -0.2) is 64.8 Å². The highest BCUT2D eigenvalue weighted by Gasteiger charge is 2.25. The van der Waals surface area contributed by atoms with E-state index in [1.54, 1.807) is 0 Å². The zero-order chi connectivity index (χ0) is 11.4. The molecule has 0 aromatic heterocycles. The number of carboxylic acid groups (broad SMARTS) is 1. The summed E-state index contributed by atoms with van der Waals surface area (Å²) in [6, 6.07) is -0.337. The van der Waals surface area contributed by atoms with E-state index < -0.39 is 12.1 Å². The van der Waals surface area contributed by atoms with Crippen molar-refractivity contribution in [2.24, 2.45) is 0 Å². The molecule has 2 amide bonds. The number of aliphatic hydroxyl groups excluding tert-OH is 1. The highest BCUT2D eigenvalue weighted by molar-refractivity contribution is 5.80. The molecule has 1 aliphatic rings. The Labute approximate surface area is 88.1 Å². The van der Waals surface area contributed by atoms with Gasteiger partial charge in [-0.1, -0.05) is 0 Å². The van der Waals surface area contributed by atoms with Crippen molar-refractivity contribution in [2.45, 2.75) is 18.9 Å². The van der Waals surface area contributed by atoms with E-state index in [0.717, 1.165) is 11.3 Å². The topological polar surface area (TPSA) is 81.1 Å². The van der Waals surface area contributed by atoms with Crippen LogP contribution < -0.4 is 0 Å². The molecular weight excluding hydrogens is 200 g/mol. The number of hydrogen-bond acceptors (Lipinski definition) is 3. The van der Waals surface area contributed by atoms with Crippen LogP contribution in [0, 0.1) is 0 Å². The van der Waals surface area contributed by atoms with Gasteiger partial charge in [-0.2, -0.15) is 0 Å². The van der Waals surface area contributed by atoms with Crippen molar-refractivity contribution < 1.29 is 19.8 Å². The van der Waals surface area contributed by atoms with Gasteiger partial charge in [0.2, 0.25) is 0 Å². The van der Waals surface area contributed by atoms with E-state index in [1.165, 1.54) is 11.9 Å². The second-order valence-electron chi connectivity index (χ2n) is 3.77. The van der Waals surface area contributed by atoms with Crippen LogP contribution in [0.25, 0.3) is 0 Å². The van der Waals surface area contributed by atoms with Crippen LogP contribution in [0.1, 0.15) is 12.8 Å². The number of β-amino-alcohol motifs (C(OH)–C–C–N with tert-alkyl or cyclic N) is 1. The van der Waals surface area contributed by atoms with Crippen molar-refractivity contribution in [2.75, 3.05) is 26.7 Å². The molecule has 0 aromatic carbocycles. The lowest BCUT2D eigenvalue weighted by Crippen LogP contribution is -2.48. The lowest BCUT2D eigenvalue weighted by Gasteiger charge is -2.32. The molecule has 15 heavy (non-hydrogen) atoms. The number of amides is 2. The quantitative estimate of drug-likeness (QED) is 0.657. The first-order valence-corrected chi connectivity index (χ1v) is 4.90. The monoisotopic (exact) mass is 216 g/mol. The zero-order valence-corrected chi connectivity index (χ0v) is 8.72. The summed E-state index contributed by atoms with van der Waals surface area (Å²) in [4.78, 5) is 24.7. The zero-order valence-electron chi connectivity index (χ0n) is 8.72. The number of piperidine rings is 1. The molecule has 0 aliphatic carbocycles. The lowest BCUT2D eigenvalue weighted by atomic mass is 10.1. The third-order valence-corrected chi connectivity index (χ3v) is 2.37. The summed E-state index contributed by atoms with van der Waals surface area (Å²) < 4.78 is 0. The smallest absolute Gasteiger partial charge is 0.323 e. The molecule has 0 radical (unpaired) electrons. The van der Waals surface area contributed by atoms with Gasteiger partial charge >= 0.3 is 12.0 Å². The molecule has 1 fully saturated rings. The minimum atomic E-state index is -1.04. The van der Waals surface area contributed by atoms with Crippen LogP contribution in [0.15, 0.2) is 0 Å². The number of nitrogens with zero attached hydrogens (tertiary/aromatic N) is 2. The van der Waals surface area contributed by atoms with Crippen LogP contribution in [0.4, 0.5) is 4.79 Å². The SMILES string of the molecule is CN(CC(=O)O)C(=O)N1CCCC(O)C1. The maximum atomic E-state index is 11.7. The second-order valence-corrected chi connectivity index (χ2v) is 3.77. The summed E-state index contributed by atoms with van der Waals surface area (Å²) in [5.74, 6) is -1.04. The molecule has 0 spiro atoms. The third-order valence-electron chi connectivity index (χ3n) is 2.37. The van der Waals surface area contributed by atoms with Crippen molar-refractivity contribution in [3.05, 3.63) is 0 Å². The fraction of sp³-hybridized carbons (Fsp3) is 0.778. The molecule has 1 aliphatic heterocycles. The van der Waals surface area contributed by atoms with Gasteiger partial charge in [-0.15, -0.1) is 0 Å². The number of rotatable bonds is 2. The summed E-state index contributed by atoms with van der Waals surface area (Å²) in [7, 11) is 1.44. The van der Waals surface area contributed by atoms with Crippen molar-refractivity contribution in [1.29, 1.82) is 0 Å². The lowest BCUT2D eigenvalue weighted by molar-refractivity contribution is -0.137. The van der Waals surface area contributed by atoms with Gasteiger partial charge < -0.3 is 20.0 Å². The Hall–Kier alpha value is -1.30. The molecule has 1 rings (SSSR count). The summed E-state index contributed by atoms with van der Waals surface area (Å²) in [6.07, 6.45) is 0.973. The number of carbonyl (C=O) groups is 2. The molecular formula is C9H16N2O4. The highest BCUT2D eigenvalue weighted by atomic mass is 16.4. The second kappa shape index (κ2) is 4.97. The Morgan fingerprint density at radius 3 is 2.73 bits per heavy atom. The van der Waals surface area contributed by atoms with E-state index in [2.05, 4.69) is 0 Å². The van der Waals surface area contributed by atoms with Crippen molar-refractivity contribution in [3.8, 4) is 0 Å². The highest BCUT2D eigenvalue weighted by Crippen LogP contribution is 2.11. The van der Waals surface area contributed by atoms with Crippen LogP contribution in [0.2, 0.25) is 0 Å². The van der Waals surface area contributed by atoms with Crippen molar-refractivity contribution >= 4 is 12.0 Å². The number of likely N-dealkylation sites (tertiary alicyclic amines) is 1. The molecule has 6 nitrogen and oxygen atoms in total. The predicted octanol–water partition coefficient (Wildman–Crippen LogP) is -0.421. The van der Waals surface area contributed by atoms with E-state index in [0.29, 0.717) is 19.5 Å². The molecule has 6 heteroatoms. The maximum Gasteiger partial charge on any atom is 0.323 e. The molecule has 0 bridgehead atoms. The predicted molar refractivity (Wildman–Crippen MR) is 52.5 cm³/mol. The van der Waals surface area contributed by atoms with Gasteiger partial charge in [0.15, 0.2) is 0 Å². The Bertz CT molecular complexity index is 256. The molecule has 1 unspecified atom stereocenters. The van der Waals surface area contributed by atoms with E-state index >= 15 is 0 Å². The molecule has 86 valence electrons. The molecule has 0 saturated carbocycles. The van der Waals surface area contributed by atoms with Gasteiger partial charge in [-0.05, 0) is 12.8 Å². The Kier molecular flexibility index (Phi) is 3.90. The van der Waals surface area contributed by atoms with Crippen LogP contribution in [0.5, 0.6) is 0 Å². The van der Waals surface area contributed by atoms with Gasteiger partial charge in [0.1, 0.15) is 6.54 Å². The summed E-state index contributed by atoms with van der Waals surface area (Å²) in [5.41, 5.74) is 0. The number of carboxylic acids is 1. The average molecular weight is 216 g/mol. The maximum absolute atomic E-state index is 11.7. The normalized spacial score (nSPS) is 21.2. The van der Waals surface area contributed by atoms with Gasteiger partial charge in [-0.3, -0.25) is 4.79 Å². The number of urea groups is 1. The van der Waals surface area contributed by atoms with Gasteiger partial charge in [0.25, 0.3) is 0 Å². The van der Waals surface area contributed by atoms with E-state index in [9.17, 15) is 14.7 Å². The van der Waals surface area contributed by atoms with E-state index in [1.807, 2.05) is 0 Å². The van der Waals surface area contributed by atoms with Gasteiger partial charge in [-0.25, -0.2) is 4.79 Å². The van der Waals surface area contributed by atoms with Crippen LogP contribution in [0.3, 0.4) is 0 Å². The first-order valence-electron chi connectivity index (χ1n) is 4.90. The van der Waals surface area contributed by atoms with Crippen molar-refractivity contribution in [1.82, 2.24) is 9.80 Å². The molecule has 1 saturated heterocycles. The number of likely N-dealkylation sites (N-methyl/N-ethyl adjacent to an activating group) is 1. The largest absolute Gasteiger partial charge is 0.480 e. The Morgan fingerprint density at radius 1 is 1.53 bits per heavy atom. The fourth-order valence-electron chi connectivity index (χ4n) is 1.64. The number of aliphatic carboxylic acids is 1. The first-order chi connectivity index (χ1) is 7.00. The molecule has 2 N–H and O–H groups in total. The van der Waals surface area contributed by atoms with Crippen LogP contribution in [-0.2, 0) is 4.79 Å². The van der Waals surface area contributed by atoms with Gasteiger partial charge in [0, 0.05) is 20.1 Å². The fourth-order valence-corrected chi connectivity index (χ4v) is 1.64. The number of carbonyl (C=O) groups excluding carboxylic acids is 1. The van der Waals surface area contributed by atoms with Crippen LogP contribution >= 0.6 is 0 Å². The molecule has 1 atom stereocenters. The standard InChI is InChI=1S/C9H16N2O4/c1-10(6-8(13)14)9(15)11-4-2-3-7(12)5-11/h7,12H,2-6H2,1H3,(H,13,14). The molecule has 1 heterocycles. The van der Waals surface area contributed by atoms with Crippen molar-refractivity contribution in [3.63, 3.8) is 0 Å². The summed E-state index contributed by atoms with van der Waals surface area (Å²) >= 11 is 0. The number of aliphatic hydroxyl groups is 1. The Morgan fingerprint density at radius 2 is 2.20 bits per heavy atom. The van der Waals surface area contributed by atoms with Gasteiger partial charge in [0.05, 0.1) is 6.10 Å². The minimum Gasteiger partial charge on any atom is -0.480 e. The first kappa shape index (κ1) is 11.8. The van der Waals surface area contributed by atoms with E-state index in [4.69, 9.17) is 5.11 Å². The summed E-state index contributed by atoms with van der Waals surface area (Å²) in [5, 5.41) is 17.9. The third kappa shape index (κ3) is 3.39. The average Bonchev–Trinajstić information content (AvgIpc) is 2.15.